The lowest BCUT2D eigenvalue weighted by Crippen LogP contribution is -2.56. The van der Waals surface area contributed by atoms with Crippen LogP contribution in [-0.4, -0.2) is 34.2 Å². The SMILES string of the molecule is Cc1ccccc1C[N+](C)(C(C)O)C(C)O. The molecule has 16 heavy (non-hydrogen) atoms. The quantitative estimate of drug-likeness (QED) is 0.602. The lowest BCUT2D eigenvalue weighted by Gasteiger charge is -2.39. The van der Waals surface area contributed by atoms with Gasteiger partial charge in [-0.15, -0.1) is 0 Å². The monoisotopic (exact) mass is 224 g/mol. The molecule has 0 aliphatic carbocycles. The molecule has 2 N–H and O–H groups in total. The second-order valence-electron chi connectivity index (χ2n) is 4.70. The number of quaternary nitrogens is 1. The third kappa shape index (κ3) is 2.61. The molecule has 0 radical (unpaired) electrons. The van der Waals surface area contributed by atoms with E-state index in [0.29, 0.717) is 6.54 Å². The summed E-state index contributed by atoms with van der Waals surface area (Å²) in [4.78, 5) is 0. The molecule has 1 aromatic rings. The van der Waals surface area contributed by atoms with Gasteiger partial charge in [0.15, 0.2) is 12.5 Å². The molecule has 0 aromatic heterocycles. The van der Waals surface area contributed by atoms with E-state index in [1.165, 1.54) is 5.56 Å². The van der Waals surface area contributed by atoms with Gasteiger partial charge in [-0.25, -0.2) is 0 Å². The van der Waals surface area contributed by atoms with Crippen LogP contribution in [0.5, 0.6) is 0 Å². The van der Waals surface area contributed by atoms with Crippen molar-refractivity contribution in [1.29, 1.82) is 0 Å². The molecule has 0 aliphatic rings. The fourth-order valence-electron chi connectivity index (χ4n) is 1.73. The van der Waals surface area contributed by atoms with Gasteiger partial charge in [0, 0.05) is 19.4 Å². The fourth-order valence-corrected chi connectivity index (χ4v) is 1.73. The highest BCUT2D eigenvalue weighted by molar-refractivity contribution is 5.24. The first-order valence-corrected chi connectivity index (χ1v) is 5.63. The third-order valence-corrected chi connectivity index (χ3v) is 3.48. The Hall–Kier alpha value is -0.900. The van der Waals surface area contributed by atoms with Crippen LogP contribution in [-0.2, 0) is 6.54 Å². The van der Waals surface area contributed by atoms with E-state index in [0.717, 1.165) is 5.56 Å². The smallest absolute Gasteiger partial charge is 0.189 e. The molecule has 3 nitrogen and oxygen atoms in total. The van der Waals surface area contributed by atoms with Crippen molar-refractivity contribution in [2.24, 2.45) is 0 Å². The summed E-state index contributed by atoms with van der Waals surface area (Å²) in [6.07, 6.45) is -1.20. The maximum absolute atomic E-state index is 9.81. The molecule has 1 rings (SSSR count). The minimum atomic E-state index is -0.598. The van der Waals surface area contributed by atoms with Crippen LogP contribution in [0.3, 0.4) is 0 Å². The number of hydrogen-bond donors (Lipinski definition) is 2. The molecule has 0 spiro atoms. The molecule has 0 fully saturated rings. The van der Waals surface area contributed by atoms with Crippen molar-refractivity contribution in [3.63, 3.8) is 0 Å². The molecular weight excluding hydrogens is 202 g/mol. The predicted molar refractivity (Wildman–Crippen MR) is 64.4 cm³/mol. The predicted octanol–water partition coefficient (Wildman–Crippen LogP) is 1.62. The highest BCUT2D eigenvalue weighted by Crippen LogP contribution is 2.20. The Kier molecular flexibility index (Phi) is 4.08. The number of hydrogen-bond acceptors (Lipinski definition) is 2. The van der Waals surface area contributed by atoms with Crippen LogP contribution in [0.25, 0.3) is 0 Å². The van der Waals surface area contributed by atoms with Gasteiger partial charge in [-0.05, 0) is 12.5 Å². The van der Waals surface area contributed by atoms with E-state index in [1.807, 2.05) is 38.2 Å². The molecule has 90 valence electrons. The fraction of sp³-hybridized carbons (Fsp3) is 0.538. The number of aliphatic hydroxyl groups excluding tert-OH is 2. The molecule has 0 saturated heterocycles. The minimum absolute atomic E-state index is 0.213. The molecular formula is C13H22NO2+. The third-order valence-electron chi connectivity index (χ3n) is 3.48. The van der Waals surface area contributed by atoms with Crippen LogP contribution in [0.2, 0.25) is 0 Å². The van der Waals surface area contributed by atoms with Crippen LogP contribution in [0.4, 0.5) is 0 Å². The highest BCUT2D eigenvalue weighted by Gasteiger charge is 2.33. The summed E-state index contributed by atoms with van der Waals surface area (Å²) in [5.41, 5.74) is 2.35. The lowest BCUT2D eigenvalue weighted by atomic mass is 10.1. The number of benzene rings is 1. The van der Waals surface area contributed by atoms with E-state index in [2.05, 4.69) is 0 Å². The Morgan fingerprint density at radius 1 is 1.12 bits per heavy atom. The first-order valence-electron chi connectivity index (χ1n) is 5.63. The summed E-state index contributed by atoms with van der Waals surface area (Å²) in [6.45, 7) is 6.10. The normalized spacial score (nSPS) is 18.9. The van der Waals surface area contributed by atoms with Crippen molar-refractivity contribution in [3.05, 3.63) is 35.4 Å². The van der Waals surface area contributed by atoms with E-state index >= 15 is 0 Å². The van der Waals surface area contributed by atoms with Crippen molar-refractivity contribution in [3.8, 4) is 0 Å². The first kappa shape index (κ1) is 13.2. The average molecular weight is 224 g/mol. The largest absolute Gasteiger partial charge is 0.345 e. The van der Waals surface area contributed by atoms with E-state index in [-0.39, 0.29) is 4.48 Å². The molecule has 1 aromatic carbocycles. The summed E-state index contributed by atoms with van der Waals surface area (Å²) < 4.78 is 0.213. The van der Waals surface area contributed by atoms with Gasteiger partial charge < -0.3 is 10.2 Å². The lowest BCUT2D eigenvalue weighted by molar-refractivity contribution is -1.00. The van der Waals surface area contributed by atoms with Gasteiger partial charge in [0.05, 0.1) is 7.05 Å². The summed E-state index contributed by atoms with van der Waals surface area (Å²) in [5, 5.41) is 19.6. The number of aliphatic hydroxyl groups is 2. The number of nitrogens with zero attached hydrogens (tertiary/aromatic N) is 1. The van der Waals surface area contributed by atoms with Crippen LogP contribution >= 0.6 is 0 Å². The maximum atomic E-state index is 9.81. The molecule has 2 atom stereocenters. The van der Waals surface area contributed by atoms with Gasteiger partial charge in [-0.1, -0.05) is 24.3 Å². The average Bonchev–Trinajstić information content (AvgIpc) is 2.20. The second kappa shape index (κ2) is 4.95. The zero-order valence-corrected chi connectivity index (χ0v) is 10.5. The van der Waals surface area contributed by atoms with Crippen molar-refractivity contribution >= 4 is 0 Å². The Bertz CT molecular complexity index is 340. The van der Waals surface area contributed by atoms with Gasteiger partial charge in [-0.2, -0.15) is 0 Å². The van der Waals surface area contributed by atoms with E-state index in [4.69, 9.17) is 0 Å². The van der Waals surface area contributed by atoms with Crippen LogP contribution in [0.1, 0.15) is 25.0 Å². The van der Waals surface area contributed by atoms with Crippen molar-refractivity contribution in [2.45, 2.75) is 39.8 Å². The Morgan fingerprint density at radius 3 is 2.06 bits per heavy atom. The summed E-state index contributed by atoms with van der Waals surface area (Å²) in [6, 6.07) is 8.06. The van der Waals surface area contributed by atoms with Crippen LogP contribution in [0, 0.1) is 6.92 Å². The Labute approximate surface area is 97.5 Å². The van der Waals surface area contributed by atoms with Gasteiger partial charge in [0.25, 0.3) is 0 Å². The molecule has 0 heterocycles. The van der Waals surface area contributed by atoms with Gasteiger partial charge in [-0.3, -0.25) is 4.48 Å². The summed E-state index contributed by atoms with van der Waals surface area (Å²) in [7, 11) is 1.86. The maximum Gasteiger partial charge on any atom is 0.189 e. The molecule has 0 aliphatic heterocycles. The first-order chi connectivity index (χ1) is 7.38. The van der Waals surface area contributed by atoms with E-state index < -0.39 is 12.5 Å². The molecule has 3 heteroatoms. The van der Waals surface area contributed by atoms with Crippen molar-refractivity contribution < 1.29 is 14.7 Å². The van der Waals surface area contributed by atoms with Gasteiger partial charge in [0.2, 0.25) is 0 Å². The minimum Gasteiger partial charge on any atom is -0.345 e. The van der Waals surface area contributed by atoms with Crippen LogP contribution < -0.4 is 0 Å². The zero-order chi connectivity index (χ0) is 12.3. The molecule has 2 unspecified atom stereocenters. The van der Waals surface area contributed by atoms with Crippen molar-refractivity contribution in [2.75, 3.05) is 7.05 Å². The van der Waals surface area contributed by atoms with Gasteiger partial charge >= 0.3 is 0 Å². The van der Waals surface area contributed by atoms with E-state index in [1.54, 1.807) is 13.8 Å². The second-order valence-corrected chi connectivity index (χ2v) is 4.70. The standard InChI is InChI=1S/C13H22NO2/c1-10-7-5-6-8-13(10)9-14(4,11(2)15)12(3)16/h5-8,11-12,15-16H,9H2,1-4H3/q+1. The number of aryl methyl sites for hydroxylation is 1. The molecule has 0 amide bonds. The molecule has 0 saturated carbocycles. The summed E-state index contributed by atoms with van der Waals surface area (Å²) >= 11 is 0. The van der Waals surface area contributed by atoms with Gasteiger partial charge in [0.1, 0.15) is 6.54 Å². The Morgan fingerprint density at radius 2 is 1.62 bits per heavy atom. The van der Waals surface area contributed by atoms with E-state index in [9.17, 15) is 10.2 Å². The highest BCUT2D eigenvalue weighted by atomic mass is 16.3. The Balaban J connectivity index is 2.98. The number of rotatable bonds is 4. The van der Waals surface area contributed by atoms with Crippen LogP contribution in [0.15, 0.2) is 24.3 Å². The topological polar surface area (TPSA) is 40.5 Å². The summed E-state index contributed by atoms with van der Waals surface area (Å²) in [5.74, 6) is 0. The molecule has 0 bridgehead atoms. The zero-order valence-electron chi connectivity index (χ0n) is 10.5. The van der Waals surface area contributed by atoms with Crippen molar-refractivity contribution in [1.82, 2.24) is 0 Å².